The monoisotopic (exact) mass is 526 g/mol. The molecule has 4 nitrogen and oxygen atoms in total. The molecule has 0 saturated carbocycles. The zero-order valence-corrected chi connectivity index (χ0v) is 22.6. The van der Waals surface area contributed by atoms with E-state index in [-0.39, 0.29) is 17.6 Å². The summed E-state index contributed by atoms with van der Waals surface area (Å²) in [5.41, 5.74) is 9.16. The normalized spacial score (nSPS) is 14.5. The number of anilines is 1. The number of hydrogen-bond donors (Lipinski definition) is 1. The smallest absolute Gasteiger partial charge is 0.300 e. The van der Waals surface area contributed by atoms with Crippen LogP contribution in [0.5, 0.6) is 0 Å². The van der Waals surface area contributed by atoms with Gasteiger partial charge >= 0.3 is 0 Å². The predicted octanol–water partition coefficient (Wildman–Crippen LogP) is 7.79. The molecule has 1 N–H and O–H groups in total. The van der Waals surface area contributed by atoms with Crippen molar-refractivity contribution in [3.8, 4) is 11.1 Å². The largest absolute Gasteiger partial charge is 0.481 e. The molecule has 1 aliphatic rings. The van der Waals surface area contributed by atoms with E-state index in [1.165, 1.54) is 29.3 Å². The van der Waals surface area contributed by atoms with E-state index >= 15 is 0 Å². The lowest BCUT2D eigenvalue weighted by molar-refractivity contribution is -0.134. The first kappa shape index (κ1) is 27.7. The topological polar surface area (TPSA) is 52.9 Å². The summed E-state index contributed by atoms with van der Waals surface area (Å²) >= 11 is 0. The Labute approximate surface area is 228 Å². The Balaban J connectivity index is 0.000000826. The molecule has 5 rings (SSSR count). The SMILES string of the molecule is CC(=O)O.Cc1ccc(F)c(-c2ccc(Cc3ccc(N4C[C@H](C)C(c5ccc(F)cc5)=N4)cc3)c(C)c2)c1. The summed E-state index contributed by atoms with van der Waals surface area (Å²) in [5, 5.41) is 14.2. The molecule has 0 saturated heterocycles. The average Bonchev–Trinajstić information content (AvgIpc) is 3.29. The highest BCUT2D eigenvalue weighted by Crippen LogP contribution is 2.29. The Morgan fingerprint density at radius 2 is 1.56 bits per heavy atom. The van der Waals surface area contributed by atoms with Gasteiger partial charge in [0.2, 0.25) is 0 Å². The van der Waals surface area contributed by atoms with Crippen molar-refractivity contribution in [1.82, 2.24) is 0 Å². The number of hydrazone groups is 1. The number of carboxylic acid groups (broad SMARTS) is 1. The molecule has 0 bridgehead atoms. The molecular formula is C33H32F2N2O2. The molecule has 1 atom stereocenters. The van der Waals surface area contributed by atoms with Crippen LogP contribution in [0.15, 0.2) is 90.0 Å². The number of carbonyl (C=O) groups is 1. The summed E-state index contributed by atoms with van der Waals surface area (Å²) in [7, 11) is 0. The van der Waals surface area contributed by atoms with Crippen molar-refractivity contribution in [3.63, 3.8) is 0 Å². The molecule has 200 valence electrons. The second-order valence-corrected chi connectivity index (χ2v) is 9.96. The Morgan fingerprint density at radius 1 is 0.923 bits per heavy atom. The molecule has 0 amide bonds. The maximum absolute atomic E-state index is 14.3. The minimum Gasteiger partial charge on any atom is -0.481 e. The summed E-state index contributed by atoms with van der Waals surface area (Å²) in [6.07, 6.45) is 0.809. The van der Waals surface area contributed by atoms with Crippen LogP contribution >= 0.6 is 0 Å². The fourth-order valence-corrected chi connectivity index (χ4v) is 4.67. The van der Waals surface area contributed by atoms with Crippen molar-refractivity contribution in [2.24, 2.45) is 11.0 Å². The van der Waals surface area contributed by atoms with E-state index < -0.39 is 5.97 Å². The maximum Gasteiger partial charge on any atom is 0.300 e. The molecule has 1 aliphatic heterocycles. The van der Waals surface area contributed by atoms with Gasteiger partial charge in [-0.1, -0.05) is 61.0 Å². The molecular weight excluding hydrogens is 494 g/mol. The third-order valence-corrected chi connectivity index (χ3v) is 6.69. The van der Waals surface area contributed by atoms with Gasteiger partial charge in [-0.05, 0) is 84.5 Å². The Hall–Kier alpha value is -4.32. The van der Waals surface area contributed by atoms with Gasteiger partial charge in [-0.2, -0.15) is 5.10 Å². The maximum atomic E-state index is 14.3. The van der Waals surface area contributed by atoms with Crippen LogP contribution in [0.25, 0.3) is 11.1 Å². The van der Waals surface area contributed by atoms with Gasteiger partial charge in [-0.25, -0.2) is 8.78 Å². The van der Waals surface area contributed by atoms with E-state index in [2.05, 4.69) is 50.2 Å². The zero-order valence-electron chi connectivity index (χ0n) is 22.6. The second kappa shape index (κ2) is 12.0. The van der Waals surface area contributed by atoms with E-state index in [1.54, 1.807) is 18.2 Å². The highest BCUT2D eigenvalue weighted by atomic mass is 19.1. The molecule has 4 aromatic carbocycles. The van der Waals surface area contributed by atoms with Crippen LogP contribution in [0.4, 0.5) is 14.5 Å². The lowest BCUT2D eigenvalue weighted by atomic mass is 9.95. The van der Waals surface area contributed by atoms with Crippen LogP contribution < -0.4 is 5.01 Å². The van der Waals surface area contributed by atoms with Crippen molar-refractivity contribution in [2.75, 3.05) is 11.6 Å². The molecule has 0 radical (unpaired) electrons. The number of aliphatic carboxylic acids is 1. The molecule has 0 aromatic heterocycles. The molecule has 0 fully saturated rings. The van der Waals surface area contributed by atoms with Crippen molar-refractivity contribution in [1.29, 1.82) is 0 Å². The number of hydrogen-bond acceptors (Lipinski definition) is 3. The Morgan fingerprint density at radius 3 is 2.21 bits per heavy atom. The average molecular weight is 527 g/mol. The number of aryl methyl sites for hydroxylation is 2. The van der Waals surface area contributed by atoms with Crippen LogP contribution in [0, 0.1) is 31.4 Å². The fraction of sp³-hybridized carbons (Fsp3) is 0.212. The summed E-state index contributed by atoms with van der Waals surface area (Å²) in [6.45, 7) is 8.08. The Bertz CT molecular complexity index is 1490. The fourth-order valence-electron chi connectivity index (χ4n) is 4.67. The van der Waals surface area contributed by atoms with Gasteiger partial charge in [-0.15, -0.1) is 0 Å². The van der Waals surface area contributed by atoms with Gasteiger partial charge in [0.25, 0.3) is 5.97 Å². The summed E-state index contributed by atoms with van der Waals surface area (Å²) in [6, 6.07) is 26.4. The van der Waals surface area contributed by atoms with Crippen LogP contribution in [0.1, 0.15) is 41.7 Å². The van der Waals surface area contributed by atoms with Crippen LogP contribution in [-0.2, 0) is 11.2 Å². The number of rotatable bonds is 5. The predicted molar refractivity (Wildman–Crippen MR) is 153 cm³/mol. The minimum atomic E-state index is -0.833. The summed E-state index contributed by atoms with van der Waals surface area (Å²) in [5.74, 6) is -1.00. The highest BCUT2D eigenvalue weighted by Gasteiger charge is 2.25. The zero-order chi connectivity index (χ0) is 28.1. The van der Waals surface area contributed by atoms with Crippen LogP contribution in [0.3, 0.4) is 0 Å². The standard InChI is InChI=1S/C31H28F2N2.C2H4O2/c1-20-4-15-30(33)29(16-20)26-8-7-25(21(2)17-26)18-23-5-13-28(14-6-23)35-19-22(3)31(34-35)24-9-11-27(32)12-10-24;1-2(3)4/h4-17,22H,18-19H2,1-3H3;1H3,(H,3,4)/t22-;/m0./s1. The number of nitrogens with zero attached hydrogens (tertiary/aromatic N) is 2. The molecule has 0 spiro atoms. The van der Waals surface area contributed by atoms with Gasteiger partial charge in [0.05, 0.1) is 11.4 Å². The third kappa shape index (κ3) is 6.96. The second-order valence-electron chi connectivity index (χ2n) is 9.96. The van der Waals surface area contributed by atoms with Gasteiger partial charge in [0.15, 0.2) is 0 Å². The van der Waals surface area contributed by atoms with E-state index in [0.29, 0.717) is 5.56 Å². The van der Waals surface area contributed by atoms with Gasteiger partial charge in [0, 0.05) is 24.9 Å². The molecule has 1 heterocycles. The van der Waals surface area contributed by atoms with Gasteiger partial charge in [-0.3, -0.25) is 9.80 Å². The summed E-state index contributed by atoms with van der Waals surface area (Å²) in [4.78, 5) is 9.00. The lowest BCUT2D eigenvalue weighted by Gasteiger charge is -2.15. The van der Waals surface area contributed by atoms with Crippen molar-refractivity contribution in [3.05, 3.63) is 124 Å². The molecule has 4 aromatic rings. The number of halogens is 2. The van der Waals surface area contributed by atoms with E-state index in [0.717, 1.165) is 53.5 Å². The van der Waals surface area contributed by atoms with E-state index in [4.69, 9.17) is 15.0 Å². The van der Waals surface area contributed by atoms with Crippen LogP contribution in [0.2, 0.25) is 0 Å². The van der Waals surface area contributed by atoms with Crippen molar-refractivity contribution >= 4 is 17.4 Å². The molecule has 0 aliphatic carbocycles. The highest BCUT2D eigenvalue weighted by molar-refractivity contribution is 6.04. The first-order valence-electron chi connectivity index (χ1n) is 12.9. The van der Waals surface area contributed by atoms with Crippen molar-refractivity contribution in [2.45, 2.75) is 34.1 Å². The first-order valence-corrected chi connectivity index (χ1v) is 12.9. The first-order chi connectivity index (χ1) is 18.6. The Kier molecular flexibility index (Phi) is 8.55. The third-order valence-electron chi connectivity index (χ3n) is 6.69. The quantitative estimate of drug-likeness (QED) is 0.289. The lowest BCUT2D eigenvalue weighted by Crippen LogP contribution is -2.17. The van der Waals surface area contributed by atoms with E-state index in [9.17, 15) is 8.78 Å². The van der Waals surface area contributed by atoms with E-state index in [1.807, 2.05) is 24.1 Å². The van der Waals surface area contributed by atoms with Gasteiger partial charge < -0.3 is 5.11 Å². The molecule has 0 unspecified atom stereocenters. The number of carboxylic acids is 1. The molecule has 39 heavy (non-hydrogen) atoms. The minimum absolute atomic E-state index is 0.195. The van der Waals surface area contributed by atoms with Gasteiger partial charge in [0.1, 0.15) is 11.6 Å². The summed E-state index contributed by atoms with van der Waals surface area (Å²) < 4.78 is 27.6. The molecule has 6 heteroatoms. The van der Waals surface area contributed by atoms with Crippen molar-refractivity contribution < 1.29 is 18.7 Å². The van der Waals surface area contributed by atoms with Crippen LogP contribution in [-0.4, -0.2) is 23.3 Å². The number of benzene rings is 4.